The number of rotatable bonds is 14. The van der Waals surface area contributed by atoms with Crippen molar-refractivity contribution in [1.29, 1.82) is 0 Å². The molecular formula is C26H35ClFN3O4S. The third-order valence-corrected chi connectivity index (χ3v) is 7.34. The number of carbonyl (C=O) groups is 2. The molecule has 0 heterocycles. The van der Waals surface area contributed by atoms with Crippen LogP contribution in [0.3, 0.4) is 0 Å². The molecule has 2 rings (SSSR count). The summed E-state index contributed by atoms with van der Waals surface area (Å²) in [6, 6.07) is 11.6. The standard InChI is InChI=1S/C26H35ClFN3O4S/c1-4-6-17-29-26(33)24(5-2)30(19-20-10-7-8-11-23(20)27)25(32)12-9-18-31(36(3,34)35)22-15-13-21(28)14-16-22/h7-8,10-11,13-16,24H,4-6,9,12,17-19H2,1-3H3,(H,29,33)/t24-/m0/s1. The van der Waals surface area contributed by atoms with E-state index in [9.17, 15) is 22.4 Å². The molecule has 0 spiro atoms. The van der Waals surface area contributed by atoms with E-state index in [4.69, 9.17) is 11.6 Å². The summed E-state index contributed by atoms with van der Waals surface area (Å²) in [7, 11) is -3.65. The van der Waals surface area contributed by atoms with E-state index in [0.29, 0.717) is 23.7 Å². The molecule has 0 saturated carbocycles. The maximum absolute atomic E-state index is 13.4. The van der Waals surface area contributed by atoms with Crippen LogP contribution in [-0.2, 0) is 26.2 Å². The molecule has 36 heavy (non-hydrogen) atoms. The van der Waals surface area contributed by atoms with Gasteiger partial charge in [-0.3, -0.25) is 13.9 Å². The van der Waals surface area contributed by atoms with Crippen molar-refractivity contribution < 1.29 is 22.4 Å². The predicted molar refractivity (Wildman–Crippen MR) is 142 cm³/mol. The van der Waals surface area contributed by atoms with Gasteiger partial charge >= 0.3 is 0 Å². The highest BCUT2D eigenvalue weighted by molar-refractivity contribution is 7.92. The van der Waals surface area contributed by atoms with Crippen LogP contribution in [-0.4, -0.2) is 50.5 Å². The van der Waals surface area contributed by atoms with E-state index in [-0.39, 0.29) is 37.7 Å². The lowest BCUT2D eigenvalue weighted by molar-refractivity contribution is -0.141. The first kappa shape index (κ1) is 29.6. The number of amides is 2. The van der Waals surface area contributed by atoms with Crippen molar-refractivity contribution in [3.05, 3.63) is 64.9 Å². The van der Waals surface area contributed by atoms with Gasteiger partial charge in [0.2, 0.25) is 21.8 Å². The van der Waals surface area contributed by atoms with Crippen LogP contribution in [0.2, 0.25) is 5.02 Å². The quantitative estimate of drug-likeness (QED) is 0.351. The zero-order chi connectivity index (χ0) is 26.7. The highest BCUT2D eigenvalue weighted by atomic mass is 35.5. The van der Waals surface area contributed by atoms with Crippen LogP contribution in [0, 0.1) is 5.82 Å². The maximum Gasteiger partial charge on any atom is 0.242 e. The van der Waals surface area contributed by atoms with Gasteiger partial charge in [0.25, 0.3) is 0 Å². The molecule has 198 valence electrons. The largest absolute Gasteiger partial charge is 0.354 e. The minimum absolute atomic E-state index is 0.0242. The Morgan fingerprint density at radius 1 is 1.06 bits per heavy atom. The van der Waals surface area contributed by atoms with Crippen molar-refractivity contribution in [3.63, 3.8) is 0 Å². The molecule has 0 bridgehead atoms. The third-order valence-electron chi connectivity index (χ3n) is 5.78. The number of nitrogens with zero attached hydrogens (tertiary/aromatic N) is 2. The Morgan fingerprint density at radius 2 is 1.72 bits per heavy atom. The highest BCUT2D eigenvalue weighted by Crippen LogP contribution is 2.22. The summed E-state index contributed by atoms with van der Waals surface area (Å²) >= 11 is 6.34. The van der Waals surface area contributed by atoms with Gasteiger partial charge in [-0.1, -0.05) is 50.1 Å². The molecule has 2 aromatic carbocycles. The number of hydrogen-bond donors (Lipinski definition) is 1. The first-order valence-electron chi connectivity index (χ1n) is 12.1. The Kier molecular flexibility index (Phi) is 11.7. The Morgan fingerprint density at radius 3 is 2.31 bits per heavy atom. The normalized spacial score (nSPS) is 12.1. The van der Waals surface area contributed by atoms with Gasteiger partial charge in [0.05, 0.1) is 11.9 Å². The highest BCUT2D eigenvalue weighted by Gasteiger charge is 2.29. The second kappa shape index (κ2) is 14.2. The van der Waals surface area contributed by atoms with Gasteiger partial charge in [0.15, 0.2) is 0 Å². The molecule has 0 aromatic heterocycles. The van der Waals surface area contributed by atoms with Crippen LogP contribution in [0.4, 0.5) is 10.1 Å². The van der Waals surface area contributed by atoms with Gasteiger partial charge in [-0.2, -0.15) is 0 Å². The summed E-state index contributed by atoms with van der Waals surface area (Å²) in [5, 5.41) is 3.40. The Hall–Kier alpha value is -2.65. The smallest absolute Gasteiger partial charge is 0.242 e. The summed E-state index contributed by atoms with van der Waals surface area (Å²) in [5.41, 5.74) is 1.04. The average molecular weight is 540 g/mol. The number of carbonyl (C=O) groups excluding carboxylic acids is 2. The van der Waals surface area contributed by atoms with Crippen LogP contribution < -0.4 is 9.62 Å². The van der Waals surface area contributed by atoms with Gasteiger partial charge in [-0.25, -0.2) is 12.8 Å². The second-order valence-electron chi connectivity index (χ2n) is 8.60. The molecule has 7 nitrogen and oxygen atoms in total. The van der Waals surface area contributed by atoms with Crippen molar-refractivity contribution in [1.82, 2.24) is 10.2 Å². The monoisotopic (exact) mass is 539 g/mol. The lowest BCUT2D eigenvalue weighted by Gasteiger charge is -2.31. The van der Waals surface area contributed by atoms with E-state index >= 15 is 0 Å². The number of sulfonamides is 1. The first-order chi connectivity index (χ1) is 17.1. The molecule has 0 saturated heterocycles. The van der Waals surface area contributed by atoms with E-state index in [0.717, 1.165) is 29.0 Å². The molecule has 0 radical (unpaired) electrons. The van der Waals surface area contributed by atoms with Crippen molar-refractivity contribution in [2.45, 2.75) is 58.5 Å². The molecule has 0 aliphatic carbocycles. The zero-order valence-electron chi connectivity index (χ0n) is 21.0. The van der Waals surface area contributed by atoms with E-state index in [1.165, 1.54) is 29.2 Å². The molecule has 1 atom stereocenters. The molecule has 0 aliphatic heterocycles. The van der Waals surface area contributed by atoms with E-state index in [2.05, 4.69) is 5.32 Å². The average Bonchev–Trinajstić information content (AvgIpc) is 2.83. The fraction of sp³-hybridized carbons (Fsp3) is 0.462. The van der Waals surface area contributed by atoms with Crippen molar-refractivity contribution in [2.75, 3.05) is 23.7 Å². The zero-order valence-corrected chi connectivity index (χ0v) is 22.6. The third kappa shape index (κ3) is 8.78. The van der Waals surface area contributed by atoms with Crippen molar-refractivity contribution >= 4 is 39.1 Å². The van der Waals surface area contributed by atoms with E-state index < -0.39 is 21.9 Å². The Balaban J connectivity index is 2.20. The van der Waals surface area contributed by atoms with Gasteiger partial charge in [-0.05, 0) is 55.2 Å². The molecule has 1 N–H and O–H groups in total. The van der Waals surface area contributed by atoms with Gasteiger partial charge in [0, 0.05) is 31.1 Å². The summed E-state index contributed by atoms with van der Waals surface area (Å²) in [5.74, 6) is -0.976. The number of unbranched alkanes of at least 4 members (excludes halogenated alkanes) is 1. The maximum atomic E-state index is 13.4. The molecular weight excluding hydrogens is 505 g/mol. The molecule has 0 aliphatic rings. The van der Waals surface area contributed by atoms with E-state index in [1.54, 1.807) is 12.1 Å². The number of nitrogens with one attached hydrogen (secondary N) is 1. The van der Waals surface area contributed by atoms with E-state index in [1.807, 2.05) is 26.0 Å². The molecule has 2 amide bonds. The molecule has 2 aromatic rings. The second-order valence-corrected chi connectivity index (χ2v) is 10.9. The van der Waals surface area contributed by atoms with Crippen LogP contribution >= 0.6 is 11.6 Å². The lowest BCUT2D eigenvalue weighted by atomic mass is 10.1. The number of anilines is 1. The number of benzene rings is 2. The Labute approximate surface area is 218 Å². The van der Waals surface area contributed by atoms with Crippen LogP contribution in [0.15, 0.2) is 48.5 Å². The van der Waals surface area contributed by atoms with Crippen LogP contribution in [0.5, 0.6) is 0 Å². The number of hydrogen-bond acceptors (Lipinski definition) is 4. The fourth-order valence-corrected chi connectivity index (χ4v) is 5.01. The van der Waals surface area contributed by atoms with Crippen molar-refractivity contribution in [3.8, 4) is 0 Å². The van der Waals surface area contributed by atoms with Crippen molar-refractivity contribution in [2.24, 2.45) is 0 Å². The summed E-state index contributed by atoms with van der Waals surface area (Å²) in [6.45, 7) is 4.60. The van der Waals surface area contributed by atoms with Crippen LogP contribution in [0.25, 0.3) is 0 Å². The summed E-state index contributed by atoms with van der Waals surface area (Å²) in [4.78, 5) is 27.9. The first-order valence-corrected chi connectivity index (χ1v) is 14.3. The SMILES string of the molecule is CCCCNC(=O)[C@H](CC)N(Cc1ccccc1Cl)C(=O)CCCN(c1ccc(F)cc1)S(C)(=O)=O. The summed E-state index contributed by atoms with van der Waals surface area (Å²) in [6.07, 6.45) is 3.50. The summed E-state index contributed by atoms with van der Waals surface area (Å²) < 4.78 is 39.1. The number of halogens is 2. The van der Waals surface area contributed by atoms with Crippen LogP contribution in [0.1, 0.15) is 51.5 Å². The molecule has 10 heteroatoms. The van der Waals surface area contributed by atoms with Gasteiger partial charge < -0.3 is 10.2 Å². The fourth-order valence-electron chi connectivity index (χ4n) is 3.85. The molecule has 0 unspecified atom stereocenters. The topological polar surface area (TPSA) is 86.8 Å². The minimum atomic E-state index is -3.65. The predicted octanol–water partition coefficient (Wildman–Crippen LogP) is 4.75. The molecule has 0 fully saturated rings. The minimum Gasteiger partial charge on any atom is -0.354 e. The lowest BCUT2D eigenvalue weighted by Crippen LogP contribution is -2.49. The van der Waals surface area contributed by atoms with Gasteiger partial charge in [0.1, 0.15) is 11.9 Å². The van der Waals surface area contributed by atoms with Gasteiger partial charge in [-0.15, -0.1) is 0 Å². The Bertz CT molecular complexity index is 1110.